The molecule has 19 heavy (non-hydrogen) atoms. The minimum Gasteiger partial charge on any atom is -0.444 e. The largest absolute Gasteiger partial charge is 0.444 e. The first-order chi connectivity index (χ1) is 8.81. The van der Waals surface area contributed by atoms with E-state index >= 15 is 0 Å². The van der Waals surface area contributed by atoms with Gasteiger partial charge in [0.15, 0.2) is 0 Å². The van der Waals surface area contributed by atoms with Crippen molar-refractivity contribution < 1.29 is 9.53 Å². The average Bonchev–Trinajstić information content (AvgIpc) is 2.27. The summed E-state index contributed by atoms with van der Waals surface area (Å²) in [4.78, 5) is 11.5. The minimum absolute atomic E-state index is 0.00487. The van der Waals surface area contributed by atoms with E-state index in [1.54, 1.807) is 52.0 Å². The van der Waals surface area contributed by atoms with Crippen molar-refractivity contribution in [3.8, 4) is 11.8 Å². The quantitative estimate of drug-likeness (QED) is 0.462. The van der Waals surface area contributed by atoms with Crippen LogP contribution in [0.1, 0.15) is 38.8 Å². The first-order valence-corrected chi connectivity index (χ1v) is 5.93. The van der Waals surface area contributed by atoms with Gasteiger partial charge in [-0.1, -0.05) is 18.1 Å². The zero-order chi connectivity index (χ0) is 14.5. The molecule has 0 spiro atoms. The number of carbonyl (C=O) groups excluding carboxylic acids is 1. The van der Waals surface area contributed by atoms with Gasteiger partial charge in [-0.15, -0.1) is 5.92 Å². The van der Waals surface area contributed by atoms with Crippen LogP contribution >= 0.6 is 0 Å². The summed E-state index contributed by atoms with van der Waals surface area (Å²) in [7, 11) is 0. The van der Waals surface area contributed by atoms with Crippen molar-refractivity contribution >= 4 is 11.9 Å². The van der Waals surface area contributed by atoms with Gasteiger partial charge in [0.1, 0.15) is 11.4 Å². The number of nitrogens with one attached hydrogen (secondary N) is 2. The topological polar surface area (TPSA) is 62.2 Å². The SMILES string of the molecule is CC#Cc1ccc(C(=N)NC(=O)OC(C)(C)C)cc1. The molecule has 4 nitrogen and oxygen atoms in total. The van der Waals surface area contributed by atoms with E-state index < -0.39 is 11.7 Å². The van der Waals surface area contributed by atoms with E-state index in [-0.39, 0.29) is 5.84 Å². The molecule has 0 radical (unpaired) electrons. The van der Waals surface area contributed by atoms with E-state index in [1.807, 2.05) is 0 Å². The number of alkyl carbamates (subject to hydrolysis) is 1. The van der Waals surface area contributed by atoms with Crippen molar-refractivity contribution in [3.05, 3.63) is 35.4 Å². The summed E-state index contributed by atoms with van der Waals surface area (Å²) >= 11 is 0. The molecular weight excluding hydrogens is 240 g/mol. The fourth-order valence-electron chi connectivity index (χ4n) is 1.34. The molecule has 0 saturated carbocycles. The van der Waals surface area contributed by atoms with Crippen molar-refractivity contribution in [2.45, 2.75) is 33.3 Å². The fraction of sp³-hybridized carbons (Fsp3) is 0.333. The molecule has 0 fully saturated rings. The first-order valence-electron chi connectivity index (χ1n) is 5.93. The Bertz CT molecular complexity index is 528. The Kier molecular flexibility index (Phi) is 4.71. The molecule has 0 saturated heterocycles. The lowest BCUT2D eigenvalue weighted by Gasteiger charge is -2.19. The Morgan fingerprint density at radius 2 is 1.84 bits per heavy atom. The van der Waals surface area contributed by atoms with Crippen LogP contribution in [0.2, 0.25) is 0 Å². The lowest BCUT2D eigenvalue weighted by Crippen LogP contribution is -2.36. The highest BCUT2D eigenvalue weighted by atomic mass is 16.6. The zero-order valence-corrected chi connectivity index (χ0v) is 11.6. The van der Waals surface area contributed by atoms with Gasteiger partial charge in [-0.2, -0.15) is 0 Å². The lowest BCUT2D eigenvalue weighted by molar-refractivity contribution is 0.0563. The Morgan fingerprint density at radius 1 is 1.26 bits per heavy atom. The maximum Gasteiger partial charge on any atom is 0.413 e. The molecule has 0 aromatic heterocycles. The van der Waals surface area contributed by atoms with Gasteiger partial charge in [0.05, 0.1) is 0 Å². The van der Waals surface area contributed by atoms with Crippen LogP contribution in [0.25, 0.3) is 0 Å². The van der Waals surface area contributed by atoms with Gasteiger partial charge in [-0.05, 0) is 39.8 Å². The fourth-order valence-corrected chi connectivity index (χ4v) is 1.34. The first kappa shape index (κ1) is 14.8. The van der Waals surface area contributed by atoms with Crippen LogP contribution in [0.15, 0.2) is 24.3 Å². The highest BCUT2D eigenvalue weighted by molar-refractivity contribution is 6.04. The number of amides is 1. The Balaban J connectivity index is 2.67. The van der Waals surface area contributed by atoms with E-state index in [4.69, 9.17) is 10.1 Å². The molecule has 0 unspecified atom stereocenters. The molecule has 0 aliphatic rings. The Hall–Kier alpha value is -2.28. The van der Waals surface area contributed by atoms with Crippen LogP contribution < -0.4 is 5.32 Å². The molecule has 0 bridgehead atoms. The third-order valence-electron chi connectivity index (χ3n) is 2.07. The van der Waals surface area contributed by atoms with Gasteiger partial charge in [-0.3, -0.25) is 10.7 Å². The highest BCUT2D eigenvalue weighted by Gasteiger charge is 2.17. The van der Waals surface area contributed by atoms with Crippen LogP contribution in [-0.4, -0.2) is 17.5 Å². The van der Waals surface area contributed by atoms with Crippen LogP contribution in [0, 0.1) is 17.3 Å². The average molecular weight is 258 g/mol. The van der Waals surface area contributed by atoms with Crippen LogP contribution in [0.3, 0.4) is 0 Å². The number of hydrogen-bond donors (Lipinski definition) is 2. The number of ether oxygens (including phenoxy) is 1. The van der Waals surface area contributed by atoms with Crippen molar-refractivity contribution in [2.24, 2.45) is 0 Å². The molecule has 0 heterocycles. The smallest absolute Gasteiger partial charge is 0.413 e. The summed E-state index contributed by atoms with van der Waals surface area (Å²) in [6.07, 6.45) is -0.630. The summed E-state index contributed by atoms with van der Waals surface area (Å²) in [5.41, 5.74) is 0.897. The van der Waals surface area contributed by atoms with Crippen LogP contribution in [0.5, 0.6) is 0 Å². The summed E-state index contributed by atoms with van der Waals surface area (Å²) in [6, 6.07) is 7.08. The van der Waals surface area contributed by atoms with Crippen molar-refractivity contribution in [2.75, 3.05) is 0 Å². The van der Waals surface area contributed by atoms with Gasteiger partial charge in [-0.25, -0.2) is 4.79 Å². The monoisotopic (exact) mass is 258 g/mol. The summed E-state index contributed by atoms with van der Waals surface area (Å²) in [5, 5.41) is 10.2. The molecule has 1 aromatic rings. The van der Waals surface area contributed by atoms with E-state index in [2.05, 4.69) is 17.2 Å². The zero-order valence-electron chi connectivity index (χ0n) is 11.6. The molecule has 4 heteroatoms. The molecule has 1 aromatic carbocycles. The van der Waals surface area contributed by atoms with Crippen molar-refractivity contribution in [1.29, 1.82) is 5.41 Å². The number of rotatable bonds is 1. The van der Waals surface area contributed by atoms with Gasteiger partial charge in [0.2, 0.25) is 0 Å². The second kappa shape index (κ2) is 6.05. The summed E-state index contributed by atoms with van der Waals surface area (Å²) in [6.45, 7) is 7.08. The van der Waals surface area contributed by atoms with E-state index in [0.29, 0.717) is 5.56 Å². The predicted octanol–water partition coefficient (Wildman–Crippen LogP) is 2.91. The van der Waals surface area contributed by atoms with E-state index in [0.717, 1.165) is 5.56 Å². The molecule has 0 aliphatic carbocycles. The summed E-state index contributed by atoms with van der Waals surface area (Å²) < 4.78 is 5.08. The molecule has 1 amide bonds. The number of carbonyl (C=O) groups is 1. The van der Waals surface area contributed by atoms with Gasteiger partial charge in [0, 0.05) is 11.1 Å². The van der Waals surface area contributed by atoms with E-state index in [9.17, 15) is 4.79 Å². The molecule has 2 N–H and O–H groups in total. The van der Waals surface area contributed by atoms with Gasteiger partial charge < -0.3 is 4.74 Å². The normalized spacial score (nSPS) is 10.1. The number of hydrogen-bond acceptors (Lipinski definition) is 3. The number of benzene rings is 1. The Labute approximate surface area is 113 Å². The third-order valence-corrected chi connectivity index (χ3v) is 2.07. The van der Waals surface area contributed by atoms with E-state index in [1.165, 1.54) is 0 Å². The molecule has 100 valence electrons. The lowest BCUT2D eigenvalue weighted by atomic mass is 10.1. The third kappa shape index (κ3) is 5.26. The van der Waals surface area contributed by atoms with Gasteiger partial charge in [0.25, 0.3) is 0 Å². The molecule has 1 rings (SSSR count). The van der Waals surface area contributed by atoms with Crippen LogP contribution in [0.4, 0.5) is 4.79 Å². The minimum atomic E-state index is -0.630. The second-order valence-corrected chi connectivity index (χ2v) is 4.95. The molecule has 0 aliphatic heterocycles. The van der Waals surface area contributed by atoms with Crippen molar-refractivity contribution in [1.82, 2.24) is 5.32 Å². The molecular formula is C15H18N2O2. The van der Waals surface area contributed by atoms with Crippen LogP contribution in [-0.2, 0) is 4.74 Å². The summed E-state index contributed by atoms with van der Waals surface area (Å²) in [5.74, 6) is 5.72. The predicted molar refractivity (Wildman–Crippen MR) is 75.2 cm³/mol. The highest BCUT2D eigenvalue weighted by Crippen LogP contribution is 2.07. The molecule has 0 atom stereocenters. The number of amidine groups is 1. The Morgan fingerprint density at radius 3 is 2.32 bits per heavy atom. The van der Waals surface area contributed by atoms with Crippen molar-refractivity contribution in [3.63, 3.8) is 0 Å². The van der Waals surface area contributed by atoms with Gasteiger partial charge >= 0.3 is 6.09 Å². The maximum absolute atomic E-state index is 11.5. The standard InChI is InChI=1S/C15H18N2O2/c1-5-6-11-7-9-12(10-8-11)13(16)17-14(18)19-15(2,3)4/h7-10H,1-4H3,(H2,16,17,18). The maximum atomic E-state index is 11.5. The second-order valence-electron chi connectivity index (χ2n) is 4.95.